The minimum absolute atomic E-state index is 0.881. The molecule has 0 heteroatoms. The first-order chi connectivity index (χ1) is 5.75. The molecular weight excluding hydrogens is 144 g/mol. The van der Waals surface area contributed by atoms with Crippen molar-refractivity contribution in [2.45, 2.75) is 46.5 Å². The summed E-state index contributed by atoms with van der Waals surface area (Å²) in [6.07, 6.45) is 10.2. The van der Waals surface area contributed by atoms with Crippen molar-refractivity contribution in [1.82, 2.24) is 0 Å². The summed E-state index contributed by atoms with van der Waals surface area (Å²) in [5.74, 6) is 2.68. The van der Waals surface area contributed by atoms with Crippen LogP contribution in [-0.4, -0.2) is 0 Å². The van der Waals surface area contributed by atoms with Gasteiger partial charge in [-0.25, -0.2) is 0 Å². The summed E-state index contributed by atoms with van der Waals surface area (Å²) in [6, 6.07) is 0. The fraction of sp³-hybridized carbons (Fsp3) is 0.833. The van der Waals surface area contributed by atoms with Gasteiger partial charge < -0.3 is 0 Å². The van der Waals surface area contributed by atoms with E-state index in [1.54, 1.807) is 0 Å². The van der Waals surface area contributed by atoms with Crippen molar-refractivity contribution in [1.29, 1.82) is 0 Å². The Bertz CT molecular complexity index is 146. The fourth-order valence-corrected chi connectivity index (χ4v) is 2.23. The van der Waals surface area contributed by atoms with Crippen LogP contribution < -0.4 is 0 Å². The molecule has 0 N–H and O–H groups in total. The molecule has 0 saturated heterocycles. The number of hydrogen-bond donors (Lipinski definition) is 0. The van der Waals surface area contributed by atoms with E-state index in [4.69, 9.17) is 0 Å². The highest BCUT2D eigenvalue weighted by molar-refractivity contribution is 4.98. The first kappa shape index (κ1) is 9.83. The van der Waals surface area contributed by atoms with Crippen LogP contribution in [0.1, 0.15) is 46.5 Å². The van der Waals surface area contributed by atoms with Gasteiger partial charge in [0.2, 0.25) is 0 Å². The van der Waals surface area contributed by atoms with Crippen molar-refractivity contribution in [2.75, 3.05) is 0 Å². The highest BCUT2D eigenvalue weighted by Crippen LogP contribution is 2.31. The normalized spacial score (nSPS) is 27.4. The van der Waals surface area contributed by atoms with Gasteiger partial charge in [-0.05, 0) is 30.6 Å². The second kappa shape index (κ2) is 4.69. The van der Waals surface area contributed by atoms with Gasteiger partial charge in [0.1, 0.15) is 0 Å². The molecule has 0 aromatic carbocycles. The van der Waals surface area contributed by atoms with Crippen LogP contribution in [0.4, 0.5) is 0 Å². The van der Waals surface area contributed by atoms with E-state index in [-0.39, 0.29) is 0 Å². The lowest BCUT2D eigenvalue weighted by Crippen LogP contribution is -2.15. The van der Waals surface area contributed by atoms with Crippen LogP contribution in [0.3, 0.4) is 0 Å². The van der Waals surface area contributed by atoms with Gasteiger partial charge in [0.15, 0.2) is 0 Å². The molecule has 0 radical (unpaired) electrons. The van der Waals surface area contributed by atoms with E-state index >= 15 is 0 Å². The van der Waals surface area contributed by atoms with Crippen LogP contribution in [-0.2, 0) is 0 Å². The summed E-state index contributed by atoms with van der Waals surface area (Å²) in [5.41, 5.74) is 0. The Morgan fingerprint density at radius 2 is 2.17 bits per heavy atom. The minimum atomic E-state index is 0.881. The van der Waals surface area contributed by atoms with Crippen LogP contribution in [0.2, 0.25) is 0 Å². The quantitative estimate of drug-likeness (QED) is 0.553. The molecule has 0 amide bonds. The zero-order valence-electron chi connectivity index (χ0n) is 8.72. The van der Waals surface area contributed by atoms with Gasteiger partial charge in [0, 0.05) is 0 Å². The van der Waals surface area contributed by atoms with Crippen LogP contribution >= 0.6 is 0 Å². The monoisotopic (exact) mass is 166 g/mol. The molecule has 0 aromatic heterocycles. The first-order valence-electron chi connectivity index (χ1n) is 5.42. The van der Waals surface area contributed by atoms with E-state index in [0.29, 0.717) is 0 Å². The zero-order chi connectivity index (χ0) is 8.97. The molecule has 12 heavy (non-hydrogen) atoms. The molecule has 1 rings (SSSR count). The summed E-state index contributed by atoms with van der Waals surface area (Å²) in [4.78, 5) is 0. The minimum Gasteiger partial charge on any atom is -0.0882 e. The Balaban J connectivity index is 2.34. The molecule has 0 bridgehead atoms. The van der Waals surface area contributed by atoms with Crippen LogP contribution in [0.5, 0.6) is 0 Å². The van der Waals surface area contributed by atoms with E-state index in [2.05, 4.69) is 32.9 Å². The third kappa shape index (κ3) is 2.36. The molecule has 3 atom stereocenters. The lowest BCUT2D eigenvalue weighted by atomic mass is 9.81. The summed E-state index contributed by atoms with van der Waals surface area (Å²) in [6.45, 7) is 7.11. The molecule has 3 unspecified atom stereocenters. The Morgan fingerprint density at radius 3 is 2.67 bits per heavy atom. The zero-order valence-corrected chi connectivity index (χ0v) is 8.72. The first-order valence-corrected chi connectivity index (χ1v) is 5.42. The van der Waals surface area contributed by atoms with Crippen molar-refractivity contribution in [3.63, 3.8) is 0 Å². The average Bonchev–Trinajstić information content (AvgIpc) is 2.55. The highest BCUT2D eigenvalue weighted by atomic mass is 14.3. The smallest absolute Gasteiger partial charge is 0.0202 e. The van der Waals surface area contributed by atoms with Crippen molar-refractivity contribution >= 4 is 0 Å². The molecular formula is C12H22. The Morgan fingerprint density at radius 1 is 1.42 bits per heavy atom. The molecule has 0 heterocycles. The van der Waals surface area contributed by atoms with Gasteiger partial charge >= 0.3 is 0 Å². The van der Waals surface area contributed by atoms with E-state index in [1.165, 1.54) is 25.7 Å². The maximum Gasteiger partial charge on any atom is -0.0202 e. The molecule has 70 valence electrons. The second-order valence-corrected chi connectivity index (χ2v) is 4.29. The third-order valence-corrected chi connectivity index (χ3v) is 3.37. The number of allylic oxidation sites excluding steroid dienone is 2. The number of rotatable bonds is 4. The summed E-state index contributed by atoms with van der Waals surface area (Å²) >= 11 is 0. The van der Waals surface area contributed by atoms with E-state index in [9.17, 15) is 0 Å². The maximum absolute atomic E-state index is 2.43. The lowest BCUT2D eigenvalue weighted by Gasteiger charge is -2.24. The van der Waals surface area contributed by atoms with Crippen LogP contribution in [0.15, 0.2) is 12.2 Å². The Kier molecular flexibility index (Phi) is 3.84. The standard InChI is InChI=1S/C12H22/c1-4-7-10(2)11(3)12-8-5-6-9-12/h5,8,10-12H,4,6-7,9H2,1-3H3. The molecule has 1 aliphatic carbocycles. The second-order valence-electron chi connectivity index (χ2n) is 4.29. The Hall–Kier alpha value is -0.260. The van der Waals surface area contributed by atoms with Gasteiger partial charge in [0.05, 0.1) is 0 Å². The molecule has 1 aliphatic rings. The van der Waals surface area contributed by atoms with Gasteiger partial charge in [0.25, 0.3) is 0 Å². The average molecular weight is 166 g/mol. The molecule has 0 spiro atoms. The van der Waals surface area contributed by atoms with Crippen molar-refractivity contribution in [2.24, 2.45) is 17.8 Å². The molecule has 0 saturated carbocycles. The van der Waals surface area contributed by atoms with Gasteiger partial charge in [-0.2, -0.15) is 0 Å². The molecule has 0 aliphatic heterocycles. The Labute approximate surface area is 77.1 Å². The third-order valence-electron chi connectivity index (χ3n) is 3.37. The summed E-state index contributed by atoms with van der Waals surface area (Å²) in [5, 5.41) is 0. The van der Waals surface area contributed by atoms with Gasteiger partial charge in [-0.15, -0.1) is 0 Å². The largest absolute Gasteiger partial charge is 0.0882 e. The maximum atomic E-state index is 2.43. The summed E-state index contributed by atoms with van der Waals surface area (Å²) < 4.78 is 0. The predicted molar refractivity (Wildman–Crippen MR) is 55.1 cm³/mol. The van der Waals surface area contributed by atoms with Crippen molar-refractivity contribution in [3.05, 3.63) is 12.2 Å². The summed E-state index contributed by atoms with van der Waals surface area (Å²) in [7, 11) is 0. The highest BCUT2D eigenvalue weighted by Gasteiger charge is 2.21. The molecule has 0 aromatic rings. The fourth-order valence-electron chi connectivity index (χ4n) is 2.23. The van der Waals surface area contributed by atoms with Crippen LogP contribution in [0.25, 0.3) is 0 Å². The SMILES string of the molecule is CCCC(C)C(C)C1C=CCC1. The topological polar surface area (TPSA) is 0 Å². The lowest BCUT2D eigenvalue weighted by molar-refractivity contribution is 0.285. The van der Waals surface area contributed by atoms with Gasteiger partial charge in [-0.1, -0.05) is 45.8 Å². The molecule has 0 fully saturated rings. The van der Waals surface area contributed by atoms with E-state index in [0.717, 1.165) is 17.8 Å². The number of hydrogen-bond acceptors (Lipinski definition) is 0. The van der Waals surface area contributed by atoms with Gasteiger partial charge in [-0.3, -0.25) is 0 Å². The predicted octanol–water partition coefficient (Wildman–Crippen LogP) is 4.02. The van der Waals surface area contributed by atoms with Crippen molar-refractivity contribution < 1.29 is 0 Å². The van der Waals surface area contributed by atoms with Crippen LogP contribution in [0, 0.1) is 17.8 Å². The van der Waals surface area contributed by atoms with Crippen molar-refractivity contribution in [3.8, 4) is 0 Å². The van der Waals surface area contributed by atoms with E-state index < -0.39 is 0 Å². The molecule has 0 nitrogen and oxygen atoms in total. The van der Waals surface area contributed by atoms with E-state index in [1.807, 2.05) is 0 Å².